The highest BCUT2D eigenvalue weighted by Crippen LogP contribution is 2.05. The predicted octanol–water partition coefficient (Wildman–Crippen LogP) is 4.61. The monoisotopic (exact) mass is 323 g/mol. The minimum absolute atomic E-state index is 0.0661. The molecule has 0 atom stereocenters. The van der Waals surface area contributed by atoms with E-state index in [1.807, 2.05) is 18.2 Å². The average molecular weight is 323 g/mol. The van der Waals surface area contributed by atoms with Crippen molar-refractivity contribution in [2.45, 2.75) is 77.6 Å². The number of nitrogens with one attached hydrogen (secondary N) is 1. The highest BCUT2D eigenvalue weighted by molar-refractivity contribution is 5.75. The summed E-state index contributed by atoms with van der Waals surface area (Å²) in [5.74, 6) is -0.680. The fourth-order valence-electron chi connectivity index (χ4n) is 2.19. The van der Waals surface area contributed by atoms with Crippen molar-refractivity contribution in [3.8, 4) is 0 Å². The molecule has 0 fully saturated rings. The van der Waals surface area contributed by atoms with Gasteiger partial charge in [0.05, 0.1) is 0 Å². The smallest absolute Gasteiger partial charge is 0.303 e. The lowest BCUT2D eigenvalue weighted by Gasteiger charge is -2.02. The molecule has 0 aromatic heterocycles. The number of aliphatic carboxylic acids is 1. The molecule has 0 rings (SSSR count). The Morgan fingerprint density at radius 1 is 0.870 bits per heavy atom. The highest BCUT2D eigenvalue weighted by atomic mass is 16.4. The van der Waals surface area contributed by atoms with Crippen LogP contribution in [0, 0.1) is 0 Å². The maximum Gasteiger partial charge on any atom is 0.303 e. The van der Waals surface area contributed by atoms with Crippen molar-refractivity contribution in [3.63, 3.8) is 0 Å². The molecule has 0 aromatic carbocycles. The van der Waals surface area contributed by atoms with Crippen LogP contribution >= 0.6 is 0 Å². The molecular formula is C19H33NO3. The van der Waals surface area contributed by atoms with Crippen molar-refractivity contribution in [1.29, 1.82) is 0 Å². The topological polar surface area (TPSA) is 66.4 Å². The largest absolute Gasteiger partial charge is 0.481 e. The zero-order valence-corrected chi connectivity index (χ0v) is 14.6. The van der Waals surface area contributed by atoms with Gasteiger partial charge in [-0.3, -0.25) is 9.59 Å². The van der Waals surface area contributed by atoms with E-state index < -0.39 is 5.97 Å². The third-order valence-electron chi connectivity index (χ3n) is 3.57. The average Bonchev–Trinajstić information content (AvgIpc) is 2.52. The Morgan fingerprint density at radius 3 is 2.22 bits per heavy atom. The normalized spacial score (nSPS) is 11.3. The second-order valence-corrected chi connectivity index (χ2v) is 5.82. The molecule has 0 aliphatic rings. The second kappa shape index (κ2) is 16.8. The summed E-state index contributed by atoms with van der Waals surface area (Å²) >= 11 is 0. The van der Waals surface area contributed by atoms with Gasteiger partial charge in [0.15, 0.2) is 0 Å². The molecule has 132 valence electrons. The van der Waals surface area contributed by atoms with Gasteiger partial charge in [-0.05, 0) is 25.7 Å². The number of amides is 1. The molecule has 0 radical (unpaired) electrons. The van der Waals surface area contributed by atoms with Crippen LogP contribution in [-0.2, 0) is 9.59 Å². The summed E-state index contributed by atoms with van der Waals surface area (Å²) in [4.78, 5) is 21.9. The van der Waals surface area contributed by atoms with Crippen LogP contribution in [0.3, 0.4) is 0 Å². The number of carbonyl (C=O) groups is 2. The van der Waals surface area contributed by atoms with Gasteiger partial charge in [-0.25, -0.2) is 0 Å². The maximum atomic E-state index is 11.6. The molecule has 0 aromatic rings. The van der Waals surface area contributed by atoms with E-state index in [4.69, 9.17) is 5.11 Å². The predicted molar refractivity (Wildman–Crippen MR) is 95.4 cm³/mol. The molecule has 4 nitrogen and oxygen atoms in total. The van der Waals surface area contributed by atoms with E-state index >= 15 is 0 Å². The van der Waals surface area contributed by atoms with E-state index in [2.05, 4.69) is 18.3 Å². The van der Waals surface area contributed by atoms with E-state index in [-0.39, 0.29) is 12.3 Å². The van der Waals surface area contributed by atoms with Gasteiger partial charge in [-0.2, -0.15) is 0 Å². The van der Waals surface area contributed by atoms with Gasteiger partial charge in [0.1, 0.15) is 0 Å². The standard InChI is InChI=1S/C19H33NO3/c1-2-3-4-5-6-7-8-11-14-17-20-18(21)15-12-9-10-13-16-19(22)23/h7-8,11,14H,2-6,9-10,12-13,15-17H2,1H3,(H,20,21)(H,22,23)/b8-7+,14-11-. The Bertz CT molecular complexity index is 362. The van der Waals surface area contributed by atoms with Crippen molar-refractivity contribution in [2.24, 2.45) is 0 Å². The molecule has 0 heterocycles. The number of rotatable bonds is 15. The third kappa shape index (κ3) is 18.4. The second-order valence-electron chi connectivity index (χ2n) is 5.82. The van der Waals surface area contributed by atoms with Crippen LogP contribution in [0.2, 0.25) is 0 Å². The minimum Gasteiger partial charge on any atom is -0.481 e. The molecule has 0 bridgehead atoms. The number of hydrogen-bond donors (Lipinski definition) is 2. The van der Waals surface area contributed by atoms with Crippen LogP contribution < -0.4 is 5.32 Å². The Morgan fingerprint density at radius 2 is 1.52 bits per heavy atom. The van der Waals surface area contributed by atoms with Crippen LogP contribution in [0.5, 0.6) is 0 Å². The summed E-state index contributed by atoms with van der Waals surface area (Å²) in [7, 11) is 0. The van der Waals surface area contributed by atoms with E-state index in [0.29, 0.717) is 19.4 Å². The molecule has 23 heavy (non-hydrogen) atoms. The van der Waals surface area contributed by atoms with Gasteiger partial charge in [-0.1, -0.05) is 63.3 Å². The van der Waals surface area contributed by atoms with Gasteiger partial charge < -0.3 is 10.4 Å². The van der Waals surface area contributed by atoms with Gasteiger partial charge in [0, 0.05) is 19.4 Å². The van der Waals surface area contributed by atoms with Crippen LogP contribution in [0.1, 0.15) is 77.6 Å². The molecule has 0 unspecified atom stereocenters. The van der Waals surface area contributed by atoms with E-state index in [1.54, 1.807) is 0 Å². The number of hydrogen-bond acceptors (Lipinski definition) is 2. The lowest BCUT2D eigenvalue weighted by molar-refractivity contribution is -0.137. The van der Waals surface area contributed by atoms with Gasteiger partial charge in [0.2, 0.25) is 5.91 Å². The van der Waals surface area contributed by atoms with Crippen LogP contribution in [0.15, 0.2) is 24.3 Å². The number of unbranched alkanes of at least 4 members (excludes halogenated alkanes) is 7. The summed E-state index contributed by atoms with van der Waals surface area (Å²) in [6, 6.07) is 0. The van der Waals surface area contributed by atoms with E-state index in [9.17, 15) is 9.59 Å². The van der Waals surface area contributed by atoms with Crippen LogP contribution in [0.4, 0.5) is 0 Å². The Kier molecular flexibility index (Phi) is 15.6. The molecule has 0 aliphatic heterocycles. The highest BCUT2D eigenvalue weighted by Gasteiger charge is 2.00. The molecule has 0 spiro atoms. The molecule has 4 heteroatoms. The maximum absolute atomic E-state index is 11.6. The molecule has 0 saturated heterocycles. The zero-order valence-electron chi connectivity index (χ0n) is 14.6. The lowest BCUT2D eigenvalue weighted by Crippen LogP contribution is -2.22. The summed E-state index contributed by atoms with van der Waals surface area (Å²) in [6.07, 6.45) is 18.5. The third-order valence-corrected chi connectivity index (χ3v) is 3.57. The van der Waals surface area contributed by atoms with Crippen molar-refractivity contribution in [2.75, 3.05) is 6.54 Å². The van der Waals surface area contributed by atoms with E-state index in [0.717, 1.165) is 25.7 Å². The van der Waals surface area contributed by atoms with Gasteiger partial charge >= 0.3 is 5.97 Å². The van der Waals surface area contributed by atoms with Crippen molar-refractivity contribution in [1.82, 2.24) is 5.32 Å². The van der Waals surface area contributed by atoms with Crippen molar-refractivity contribution in [3.05, 3.63) is 24.3 Å². The molecule has 0 saturated carbocycles. The summed E-state index contributed by atoms with van der Waals surface area (Å²) < 4.78 is 0. The fraction of sp³-hybridized carbons (Fsp3) is 0.684. The Balaban J connectivity index is 3.39. The first-order valence-electron chi connectivity index (χ1n) is 8.97. The SMILES string of the molecule is CCCCCC/C=C/C=C\CNC(=O)CCCCCCC(=O)O. The van der Waals surface area contributed by atoms with Crippen molar-refractivity contribution >= 4 is 11.9 Å². The quantitative estimate of drug-likeness (QED) is 0.341. The van der Waals surface area contributed by atoms with Gasteiger partial charge in [-0.15, -0.1) is 0 Å². The van der Waals surface area contributed by atoms with Crippen LogP contribution in [0.25, 0.3) is 0 Å². The summed E-state index contributed by atoms with van der Waals surface area (Å²) in [5.41, 5.74) is 0. The first-order chi connectivity index (χ1) is 11.2. The lowest BCUT2D eigenvalue weighted by atomic mass is 10.1. The Hall–Kier alpha value is -1.58. The first kappa shape index (κ1) is 21.4. The molecule has 0 aliphatic carbocycles. The molecule has 1 amide bonds. The molecule has 2 N–H and O–H groups in total. The molecular weight excluding hydrogens is 290 g/mol. The first-order valence-corrected chi connectivity index (χ1v) is 8.97. The van der Waals surface area contributed by atoms with Crippen molar-refractivity contribution < 1.29 is 14.7 Å². The number of allylic oxidation sites excluding steroid dienone is 3. The fourth-order valence-corrected chi connectivity index (χ4v) is 2.19. The van der Waals surface area contributed by atoms with E-state index in [1.165, 1.54) is 25.7 Å². The summed E-state index contributed by atoms with van der Waals surface area (Å²) in [6.45, 7) is 2.78. The number of carboxylic acids is 1. The zero-order chi connectivity index (χ0) is 17.2. The van der Waals surface area contributed by atoms with Gasteiger partial charge in [0.25, 0.3) is 0 Å². The van der Waals surface area contributed by atoms with Crippen LogP contribution in [-0.4, -0.2) is 23.5 Å². The summed E-state index contributed by atoms with van der Waals surface area (Å²) in [5, 5.41) is 11.4. The minimum atomic E-state index is -0.746. The number of carboxylic acid groups (broad SMARTS) is 1. The number of carbonyl (C=O) groups excluding carboxylic acids is 1. The Labute approximate surface area is 141 Å².